The van der Waals surface area contributed by atoms with Gasteiger partial charge in [-0.15, -0.1) is 0 Å². The van der Waals surface area contributed by atoms with Gasteiger partial charge in [0, 0.05) is 5.39 Å². The van der Waals surface area contributed by atoms with E-state index in [0.29, 0.717) is 5.39 Å². The van der Waals surface area contributed by atoms with E-state index in [9.17, 15) is 8.42 Å². The highest BCUT2D eigenvalue weighted by atomic mass is 35.5. The summed E-state index contributed by atoms with van der Waals surface area (Å²) >= 11 is 11.9. The standard InChI is InChI=1S/C16H10Cl2O3S/c17-13-8-4-9-14(16(13)18)21-22(19,20)15-10-3-6-11-5-1-2-7-12(11)15/h1-10H. The largest absolute Gasteiger partial charge is 0.377 e. The Kier molecular flexibility index (Phi) is 4.00. The van der Waals surface area contributed by atoms with Crippen LogP contribution >= 0.6 is 23.2 Å². The molecule has 3 rings (SSSR count). The number of hydrogen-bond acceptors (Lipinski definition) is 3. The summed E-state index contributed by atoms with van der Waals surface area (Å²) < 4.78 is 30.3. The summed E-state index contributed by atoms with van der Waals surface area (Å²) in [5, 5.41) is 1.69. The molecule has 0 aromatic heterocycles. The number of hydrogen-bond donors (Lipinski definition) is 0. The lowest BCUT2D eigenvalue weighted by Gasteiger charge is -2.11. The second-order valence-electron chi connectivity index (χ2n) is 4.57. The van der Waals surface area contributed by atoms with Crippen molar-refractivity contribution in [2.45, 2.75) is 4.90 Å². The van der Waals surface area contributed by atoms with E-state index in [0.717, 1.165) is 5.39 Å². The third-order valence-corrected chi connectivity index (χ3v) is 5.23. The van der Waals surface area contributed by atoms with Crippen LogP contribution in [0.15, 0.2) is 65.6 Å². The third-order valence-electron chi connectivity index (χ3n) is 3.13. The second-order valence-corrected chi connectivity index (χ2v) is 6.87. The fourth-order valence-electron chi connectivity index (χ4n) is 2.13. The minimum Gasteiger partial charge on any atom is -0.377 e. The average molecular weight is 353 g/mol. The van der Waals surface area contributed by atoms with Crippen molar-refractivity contribution in [3.05, 3.63) is 70.7 Å². The molecule has 3 aromatic carbocycles. The van der Waals surface area contributed by atoms with Gasteiger partial charge in [0.2, 0.25) is 0 Å². The molecule has 0 fully saturated rings. The monoisotopic (exact) mass is 352 g/mol. The summed E-state index contributed by atoms with van der Waals surface area (Å²) in [6, 6.07) is 16.8. The molecule has 0 bridgehead atoms. The first-order valence-electron chi connectivity index (χ1n) is 6.35. The molecule has 0 spiro atoms. The van der Waals surface area contributed by atoms with Crippen molar-refractivity contribution >= 4 is 44.1 Å². The van der Waals surface area contributed by atoms with Crippen molar-refractivity contribution in [1.82, 2.24) is 0 Å². The normalized spacial score (nSPS) is 11.5. The Morgan fingerprint density at radius 2 is 1.50 bits per heavy atom. The van der Waals surface area contributed by atoms with Gasteiger partial charge in [-0.3, -0.25) is 0 Å². The molecule has 112 valence electrons. The van der Waals surface area contributed by atoms with Gasteiger partial charge in [-0.25, -0.2) is 0 Å². The number of fused-ring (bicyclic) bond motifs is 1. The Labute approximate surface area is 138 Å². The maximum Gasteiger partial charge on any atom is 0.339 e. The zero-order valence-corrected chi connectivity index (χ0v) is 13.5. The van der Waals surface area contributed by atoms with Crippen LogP contribution in [0.4, 0.5) is 0 Å². The van der Waals surface area contributed by atoms with Gasteiger partial charge in [0.25, 0.3) is 0 Å². The molecule has 0 N–H and O–H groups in total. The van der Waals surface area contributed by atoms with Crippen LogP contribution in [0.3, 0.4) is 0 Å². The molecule has 0 saturated heterocycles. The first kappa shape index (κ1) is 15.2. The van der Waals surface area contributed by atoms with E-state index in [1.54, 1.807) is 30.3 Å². The van der Waals surface area contributed by atoms with Crippen LogP contribution in [0.1, 0.15) is 0 Å². The Bertz CT molecular complexity index is 947. The van der Waals surface area contributed by atoms with Crippen LogP contribution in [0.2, 0.25) is 10.0 Å². The lowest BCUT2D eigenvalue weighted by molar-refractivity contribution is 0.487. The van der Waals surface area contributed by atoms with Crippen LogP contribution in [0, 0.1) is 0 Å². The van der Waals surface area contributed by atoms with Crippen molar-refractivity contribution in [2.75, 3.05) is 0 Å². The molecule has 22 heavy (non-hydrogen) atoms. The molecule has 0 aliphatic heterocycles. The molecular formula is C16H10Cl2O3S. The maximum atomic E-state index is 12.6. The summed E-state index contributed by atoms with van der Waals surface area (Å²) in [4.78, 5) is 0.0849. The second kappa shape index (κ2) is 5.80. The van der Waals surface area contributed by atoms with E-state index < -0.39 is 10.1 Å². The SMILES string of the molecule is O=S(=O)(Oc1cccc(Cl)c1Cl)c1cccc2ccccc12. The van der Waals surface area contributed by atoms with Crippen molar-refractivity contribution in [3.63, 3.8) is 0 Å². The summed E-state index contributed by atoms with van der Waals surface area (Å²) in [5.74, 6) is 0.00195. The Balaban J connectivity index is 2.11. The van der Waals surface area contributed by atoms with Gasteiger partial charge in [0.15, 0.2) is 5.75 Å². The fraction of sp³-hybridized carbons (Fsp3) is 0. The smallest absolute Gasteiger partial charge is 0.339 e. The van der Waals surface area contributed by atoms with Gasteiger partial charge in [-0.1, -0.05) is 65.7 Å². The van der Waals surface area contributed by atoms with Crippen LogP contribution < -0.4 is 4.18 Å². The number of rotatable bonds is 3. The Morgan fingerprint density at radius 1 is 0.818 bits per heavy atom. The van der Waals surface area contributed by atoms with Crippen LogP contribution in [0.25, 0.3) is 10.8 Å². The zero-order chi connectivity index (χ0) is 15.7. The predicted molar refractivity (Wildman–Crippen MR) is 88.2 cm³/mol. The molecule has 6 heteroatoms. The van der Waals surface area contributed by atoms with E-state index in [1.807, 2.05) is 18.2 Å². The van der Waals surface area contributed by atoms with Crippen molar-refractivity contribution in [2.24, 2.45) is 0 Å². The zero-order valence-electron chi connectivity index (χ0n) is 11.2. The van der Waals surface area contributed by atoms with Crippen molar-refractivity contribution in [3.8, 4) is 5.75 Å². The van der Waals surface area contributed by atoms with Crippen molar-refractivity contribution < 1.29 is 12.6 Å². The summed E-state index contributed by atoms with van der Waals surface area (Å²) in [6.45, 7) is 0. The minimum atomic E-state index is -4.02. The van der Waals surface area contributed by atoms with Gasteiger partial charge in [0.1, 0.15) is 9.92 Å². The van der Waals surface area contributed by atoms with Crippen LogP contribution in [-0.4, -0.2) is 8.42 Å². The molecule has 0 heterocycles. The highest BCUT2D eigenvalue weighted by Gasteiger charge is 2.21. The molecule has 0 saturated carbocycles. The molecular weight excluding hydrogens is 343 g/mol. The van der Waals surface area contributed by atoms with Crippen molar-refractivity contribution in [1.29, 1.82) is 0 Å². The van der Waals surface area contributed by atoms with E-state index >= 15 is 0 Å². The first-order valence-corrected chi connectivity index (χ1v) is 8.52. The molecule has 0 radical (unpaired) electrons. The quantitative estimate of drug-likeness (QED) is 0.628. The molecule has 0 amide bonds. The molecule has 0 aliphatic rings. The topological polar surface area (TPSA) is 43.4 Å². The minimum absolute atomic E-state index is 0.00195. The highest BCUT2D eigenvalue weighted by molar-refractivity contribution is 7.87. The molecule has 0 unspecified atom stereocenters. The van der Waals surface area contributed by atoms with E-state index in [1.165, 1.54) is 12.1 Å². The van der Waals surface area contributed by atoms with Crippen LogP contribution in [-0.2, 0) is 10.1 Å². The molecule has 0 aliphatic carbocycles. The van der Waals surface area contributed by atoms with Gasteiger partial charge < -0.3 is 4.18 Å². The summed E-state index contributed by atoms with van der Waals surface area (Å²) in [7, 11) is -4.02. The lowest BCUT2D eigenvalue weighted by Crippen LogP contribution is -2.10. The molecule has 0 atom stereocenters. The van der Waals surface area contributed by atoms with Crippen LogP contribution in [0.5, 0.6) is 5.75 Å². The maximum absolute atomic E-state index is 12.6. The third kappa shape index (κ3) is 2.77. The molecule has 3 nitrogen and oxygen atoms in total. The van der Waals surface area contributed by atoms with Gasteiger partial charge >= 0.3 is 10.1 Å². The number of benzene rings is 3. The predicted octanol–water partition coefficient (Wildman–Crippen LogP) is 4.91. The van der Waals surface area contributed by atoms with Gasteiger partial charge in [-0.2, -0.15) is 8.42 Å². The van der Waals surface area contributed by atoms with Gasteiger partial charge in [-0.05, 0) is 23.6 Å². The average Bonchev–Trinajstić information content (AvgIpc) is 2.51. The molecule has 3 aromatic rings. The first-order chi connectivity index (χ1) is 10.5. The fourth-order valence-corrected chi connectivity index (χ4v) is 3.67. The Morgan fingerprint density at radius 3 is 2.32 bits per heavy atom. The van der Waals surface area contributed by atoms with E-state index in [4.69, 9.17) is 27.4 Å². The van der Waals surface area contributed by atoms with Gasteiger partial charge in [0.05, 0.1) is 5.02 Å². The summed E-state index contributed by atoms with van der Waals surface area (Å²) in [6.07, 6.45) is 0. The highest BCUT2D eigenvalue weighted by Crippen LogP contribution is 2.34. The van der Waals surface area contributed by atoms with E-state index in [2.05, 4.69) is 0 Å². The Hall–Kier alpha value is -1.75. The van der Waals surface area contributed by atoms with E-state index in [-0.39, 0.29) is 20.7 Å². The number of halogens is 2. The summed E-state index contributed by atoms with van der Waals surface area (Å²) in [5.41, 5.74) is 0. The lowest BCUT2D eigenvalue weighted by atomic mass is 10.1.